The first-order valence-corrected chi connectivity index (χ1v) is 6.83. The molecule has 3 aromatic rings. The van der Waals surface area contributed by atoms with Crippen molar-refractivity contribution in [1.82, 2.24) is 10.3 Å². The predicted molar refractivity (Wildman–Crippen MR) is 79.1 cm³/mol. The second-order valence-electron chi connectivity index (χ2n) is 4.32. The fourth-order valence-corrected chi connectivity index (χ4v) is 2.86. The molecule has 1 N–H and O–H groups in total. The molecular weight excluding hydrogens is 304 g/mol. The van der Waals surface area contributed by atoms with Crippen molar-refractivity contribution in [3.8, 4) is 0 Å². The first-order valence-electron chi connectivity index (χ1n) is 6.04. The lowest BCUT2D eigenvalue weighted by Gasteiger charge is -2.17. The third-order valence-corrected chi connectivity index (χ3v) is 3.92. The van der Waals surface area contributed by atoms with Gasteiger partial charge in [-0.1, -0.05) is 18.2 Å². The van der Waals surface area contributed by atoms with E-state index in [0.29, 0.717) is 0 Å². The zero-order chi connectivity index (χ0) is 13.2. The summed E-state index contributed by atoms with van der Waals surface area (Å²) in [4.78, 5) is 4.17. The van der Waals surface area contributed by atoms with Crippen LogP contribution in [0.3, 0.4) is 0 Å². The minimum absolute atomic E-state index is 0.0826. The highest BCUT2D eigenvalue weighted by Gasteiger charge is 2.18. The molecular formula is C15H13BrN2O. The molecule has 0 aliphatic rings. The molecule has 1 unspecified atom stereocenters. The second-order valence-corrected chi connectivity index (χ2v) is 5.04. The van der Waals surface area contributed by atoms with Gasteiger partial charge in [0.2, 0.25) is 0 Å². The van der Waals surface area contributed by atoms with Gasteiger partial charge in [0.25, 0.3) is 0 Å². The van der Waals surface area contributed by atoms with Crippen LogP contribution in [0, 0.1) is 0 Å². The van der Waals surface area contributed by atoms with Crippen LogP contribution in [-0.4, -0.2) is 12.0 Å². The molecule has 0 radical (unpaired) electrons. The molecule has 2 heterocycles. The van der Waals surface area contributed by atoms with Gasteiger partial charge in [0.15, 0.2) is 4.67 Å². The van der Waals surface area contributed by atoms with Gasteiger partial charge < -0.3 is 9.73 Å². The Bertz CT molecular complexity index is 703. The van der Waals surface area contributed by atoms with E-state index in [1.54, 1.807) is 6.26 Å². The molecule has 0 saturated carbocycles. The normalized spacial score (nSPS) is 12.7. The number of halogens is 1. The first kappa shape index (κ1) is 12.4. The van der Waals surface area contributed by atoms with Gasteiger partial charge in [-0.25, -0.2) is 0 Å². The van der Waals surface area contributed by atoms with E-state index in [4.69, 9.17) is 4.42 Å². The number of aromatic nitrogens is 1. The minimum Gasteiger partial charge on any atom is -0.457 e. The van der Waals surface area contributed by atoms with E-state index < -0.39 is 0 Å². The number of hydrogen-bond acceptors (Lipinski definition) is 3. The van der Waals surface area contributed by atoms with Crippen molar-refractivity contribution in [3.05, 3.63) is 64.8 Å². The third-order valence-electron chi connectivity index (χ3n) is 3.27. The van der Waals surface area contributed by atoms with Crippen molar-refractivity contribution in [2.45, 2.75) is 6.04 Å². The Labute approximate surface area is 119 Å². The number of benzene rings is 1. The van der Waals surface area contributed by atoms with E-state index in [2.05, 4.69) is 44.4 Å². The van der Waals surface area contributed by atoms with Crippen LogP contribution >= 0.6 is 15.9 Å². The standard InChI is InChI=1S/C15H13BrN2O/c1-17-14(13-6-8-19-15(13)16)12-4-2-3-10-9-18-7-5-11(10)12/h2-9,14,17H,1H3. The second kappa shape index (κ2) is 5.15. The molecule has 0 amide bonds. The highest BCUT2D eigenvalue weighted by Crippen LogP contribution is 2.32. The maximum absolute atomic E-state index is 5.35. The predicted octanol–water partition coefficient (Wildman–Crippen LogP) is 3.90. The Morgan fingerprint density at radius 3 is 2.84 bits per heavy atom. The Morgan fingerprint density at radius 1 is 1.21 bits per heavy atom. The van der Waals surface area contributed by atoms with Gasteiger partial charge in [0, 0.05) is 23.3 Å². The molecule has 0 bridgehead atoms. The Morgan fingerprint density at radius 2 is 2.11 bits per heavy atom. The summed E-state index contributed by atoms with van der Waals surface area (Å²) >= 11 is 3.45. The van der Waals surface area contributed by atoms with Gasteiger partial charge in [-0.15, -0.1) is 0 Å². The average Bonchev–Trinajstić information content (AvgIpc) is 2.86. The molecule has 19 heavy (non-hydrogen) atoms. The molecule has 3 rings (SSSR count). The Kier molecular flexibility index (Phi) is 3.36. The largest absolute Gasteiger partial charge is 0.457 e. The Balaban J connectivity index is 2.20. The van der Waals surface area contributed by atoms with Gasteiger partial charge in [-0.05, 0) is 46.1 Å². The summed E-state index contributed by atoms with van der Waals surface area (Å²) in [6.07, 6.45) is 5.40. The zero-order valence-corrected chi connectivity index (χ0v) is 12.0. The van der Waals surface area contributed by atoms with Crippen molar-refractivity contribution in [2.75, 3.05) is 7.05 Å². The summed E-state index contributed by atoms with van der Waals surface area (Å²) in [6, 6.07) is 10.4. The van der Waals surface area contributed by atoms with Crippen LogP contribution in [-0.2, 0) is 0 Å². The summed E-state index contributed by atoms with van der Waals surface area (Å²) < 4.78 is 6.11. The number of nitrogens with zero attached hydrogens (tertiary/aromatic N) is 1. The van der Waals surface area contributed by atoms with Crippen molar-refractivity contribution in [1.29, 1.82) is 0 Å². The summed E-state index contributed by atoms with van der Waals surface area (Å²) in [5.41, 5.74) is 2.30. The zero-order valence-electron chi connectivity index (χ0n) is 10.4. The van der Waals surface area contributed by atoms with Crippen LogP contribution in [0.25, 0.3) is 10.8 Å². The number of nitrogens with one attached hydrogen (secondary N) is 1. The monoisotopic (exact) mass is 316 g/mol. The van der Waals surface area contributed by atoms with Gasteiger partial charge >= 0.3 is 0 Å². The van der Waals surface area contributed by atoms with Gasteiger partial charge in [-0.2, -0.15) is 0 Å². The fourth-order valence-electron chi connectivity index (χ4n) is 2.39. The minimum atomic E-state index is 0.0826. The van der Waals surface area contributed by atoms with Crippen LogP contribution in [0.15, 0.2) is 58.1 Å². The van der Waals surface area contributed by atoms with Gasteiger partial charge in [-0.3, -0.25) is 4.98 Å². The molecule has 1 aromatic carbocycles. The highest BCUT2D eigenvalue weighted by molar-refractivity contribution is 9.10. The smallest absolute Gasteiger partial charge is 0.174 e. The number of furan rings is 1. The maximum atomic E-state index is 5.35. The SMILES string of the molecule is CNC(c1ccoc1Br)c1cccc2cnccc12. The molecule has 2 aromatic heterocycles. The third kappa shape index (κ3) is 2.17. The van der Waals surface area contributed by atoms with E-state index in [9.17, 15) is 0 Å². The molecule has 96 valence electrons. The Hall–Kier alpha value is -1.65. The number of hydrogen-bond donors (Lipinski definition) is 1. The molecule has 0 aliphatic heterocycles. The van der Waals surface area contributed by atoms with Crippen molar-refractivity contribution in [2.24, 2.45) is 0 Å². The molecule has 0 aliphatic carbocycles. The van der Waals surface area contributed by atoms with Crippen LogP contribution in [0.4, 0.5) is 0 Å². The van der Waals surface area contributed by atoms with E-state index in [1.165, 1.54) is 10.9 Å². The lowest BCUT2D eigenvalue weighted by Crippen LogP contribution is -2.17. The molecule has 1 atom stereocenters. The van der Waals surface area contributed by atoms with Crippen LogP contribution in [0.5, 0.6) is 0 Å². The molecule has 0 fully saturated rings. The molecule has 0 spiro atoms. The van der Waals surface area contributed by atoms with Crippen LogP contribution < -0.4 is 5.32 Å². The van der Waals surface area contributed by atoms with Crippen molar-refractivity contribution in [3.63, 3.8) is 0 Å². The van der Waals surface area contributed by atoms with Crippen molar-refractivity contribution >= 4 is 26.7 Å². The summed E-state index contributed by atoms with van der Waals surface area (Å²) in [6.45, 7) is 0. The summed E-state index contributed by atoms with van der Waals surface area (Å²) in [5.74, 6) is 0. The summed E-state index contributed by atoms with van der Waals surface area (Å²) in [5, 5.41) is 5.68. The van der Waals surface area contributed by atoms with E-state index in [-0.39, 0.29) is 6.04 Å². The molecule has 4 heteroatoms. The quantitative estimate of drug-likeness (QED) is 0.796. The number of rotatable bonds is 3. The van der Waals surface area contributed by atoms with Crippen LogP contribution in [0.1, 0.15) is 17.2 Å². The highest BCUT2D eigenvalue weighted by atomic mass is 79.9. The van der Waals surface area contributed by atoms with Crippen LogP contribution in [0.2, 0.25) is 0 Å². The topological polar surface area (TPSA) is 38.1 Å². The van der Waals surface area contributed by atoms with Crippen molar-refractivity contribution < 1.29 is 4.42 Å². The van der Waals surface area contributed by atoms with Gasteiger partial charge in [0.1, 0.15) is 0 Å². The number of pyridine rings is 1. The van der Waals surface area contributed by atoms with E-state index >= 15 is 0 Å². The van der Waals surface area contributed by atoms with Gasteiger partial charge in [0.05, 0.1) is 12.3 Å². The fraction of sp³-hybridized carbons (Fsp3) is 0.133. The average molecular weight is 317 g/mol. The van der Waals surface area contributed by atoms with E-state index in [1.807, 2.05) is 31.6 Å². The molecule has 0 saturated heterocycles. The maximum Gasteiger partial charge on any atom is 0.174 e. The lowest BCUT2D eigenvalue weighted by atomic mass is 9.96. The van der Waals surface area contributed by atoms with E-state index in [0.717, 1.165) is 15.6 Å². The number of fused-ring (bicyclic) bond motifs is 1. The summed E-state index contributed by atoms with van der Waals surface area (Å²) in [7, 11) is 1.95. The molecule has 3 nitrogen and oxygen atoms in total. The first-order chi connectivity index (χ1) is 9.31. The lowest BCUT2D eigenvalue weighted by molar-refractivity contribution is 0.530.